The molecule has 0 radical (unpaired) electrons. The van der Waals surface area contributed by atoms with Gasteiger partial charge in [0.15, 0.2) is 0 Å². The number of rotatable bonds is 0. The van der Waals surface area contributed by atoms with E-state index in [2.05, 4.69) is 5.10 Å². The van der Waals surface area contributed by atoms with Crippen molar-refractivity contribution in [3.05, 3.63) is 17.0 Å². The fraction of sp³-hybridized carbons (Fsp3) is 0.600. The molecule has 1 aliphatic rings. The molecule has 2 rings (SSSR count). The zero-order valence-corrected chi connectivity index (χ0v) is 9.28. The van der Waals surface area contributed by atoms with E-state index in [4.69, 9.17) is 4.74 Å². The van der Waals surface area contributed by atoms with Crippen LogP contribution < -0.4 is 0 Å². The number of amides is 1. The summed E-state index contributed by atoms with van der Waals surface area (Å²) >= 11 is 0. The second-order valence-electron chi connectivity index (χ2n) is 3.78. The van der Waals surface area contributed by atoms with Crippen LogP contribution in [-0.4, -0.2) is 34.4 Å². The monoisotopic (exact) mass is 209 g/mol. The Labute approximate surface area is 88.6 Å². The minimum Gasteiger partial charge on any atom is -0.453 e. The number of aryl methyl sites for hydroxylation is 2. The number of aromatic nitrogens is 2. The Morgan fingerprint density at radius 2 is 2.27 bits per heavy atom. The molecule has 15 heavy (non-hydrogen) atoms. The number of carbonyl (C=O) groups excluding carboxylic acids is 1. The molecule has 0 atom stereocenters. The Morgan fingerprint density at radius 3 is 2.93 bits per heavy atom. The fourth-order valence-corrected chi connectivity index (χ4v) is 2.06. The molecule has 0 aliphatic carbocycles. The van der Waals surface area contributed by atoms with Gasteiger partial charge in [-0.2, -0.15) is 5.10 Å². The van der Waals surface area contributed by atoms with E-state index in [1.807, 2.05) is 18.7 Å². The van der Waals surface area contributed by atoms with Gasteiger partial charge in [0.1, 0.15) is 0 Å². The van der Waals surface area contributed by atoms with Crippen molar-refractivity contribution in [1.82, 2.24) is 14.7 Å². The van der Waals surface area contributed by atoms with Crippen LogP contribution in [0.1, 0.15) is 17.0 Å². The summed E-state index contributed by atoms with van der Waals surface area (Å²) in [6, 6.07) is 0. The number of methoxy groups -OCH3 is 1. The van der Waals surface area contributed by atoms with Crippen molar-refractivity contribution < 1.29 is 9.53 Å². The zero-order chi connectivity index (χ0) is 11.0. The maximum atomic E-state index is 11.4. The predicted octanol–water partition coefficient (Wildman–Crippen LogP) is 0.853. The largest absolute Gasteiger partial charge is 0.453 e. The SMILES string of the molecule is COC(=O)N1CCc2c(C)nn(C)c2C1. The van der Waals surface area contributed by atoms with E-state index < -0.39 is 0 Å². The van der Waals surface area contributed by atoms with Gasteiger partial charge >= 0.3 is 6.09 Å². The van der Waals surface area contributed by atoms with Gasteiger partial charge in [0, 0.05) is 13.6 Å². The van der Waals surface area contributed by atoms with E-state index in [1.54, 1.807) is 4.90 Å². The van der Waals surface area contributed by atoms with Crippen LogP contribution in [0.15, 0.2) is 0 Å². The molecule has 0 fully saturated rings. The van der Waals surface area contributed by atoms with Crippen LogP contribution in [0.25, 0.3) is 0 Å². The highest BCUT2D eigenvalue weighted by Gasteiger charge is 2.25. The van der Waals surface area contributed by atoms with Gasteiger partial charge in [-0.3, -0.25) is 4.68 Å². The lowest BCUT2D eigenvalue weighted by Crippen LogP contribution is -2.36. The Bertz CT molecular complexity index is 398. The summed E-state index contributed by atoms with van der Waals surface area (Å²) in [6.45, 7) is 3.32. The standard InChI is InChI=1S/C10H15N3O2/c1-7-8-4-5-13(10(14)15-3)6-9(8)12(2)11-7/h4-6H2,1-3H3. The molecule has 2 heterocycles. The summed E-state index contributed by atoms with van der Waals surface area (Å²) in [7, 11) is 3.32. The zero-order valence-electron chi connectivity index (χ0n) is 9.28. The third kappa shape index (κ3) is 1.58. The highest BCUT2D eigenvalue weighted by molar-refractivity contribution is 5.67. The molecule has 1 aromatic rings. The lowest BCUT2D eigenvalue weighted by molar-refractivity contribution is 0.117. The van der Waals surface area contributed by atoms with Crippen LogP contribution in [-0.2, 0) is 24.8 Å². The smallest absolute Gasteiger partial charge is 0.409 e. The summed E-state index contributed by atoms with van der Waals surface area (Å²) in [6.07, 6.45) is 0.601. The van der Waals surface area contributed by atoms with E-state index in [0.717, 1.165) is 17.8 Å². The van der Waals surface area contributed by atoms with Crippen molar-refractivity contribution in [2.24, 2.45) is 7.05 Å². The normalized spacial score (nSPS) is 15.0. The second-order valence-corrected chi connectivity index (χ2v) is 3.78. The highest BCUT2D eigenvalue weighted by atomic mass is 16.5. The molecule has 0 unspecified atom stereocenters. The number of hydrogen-bond donors (Lipinski definition) is 0. The minimum absolute atomic E-state index is 0.264. The summed E-state index contributed by atoms with van der Waals surface area (Å²) in [5.41, 5.74) is 3.46. The first-order valence-corrected chi connectivity index (χ1v) is 4.97. The first-order valence-electron chi connectivity index (χ1n) is 4.97. The molecule has 1 aromatic heterocycles. The fourth-order valence-electron chi connectivity index (χ4n) is 2.06. The number of fused-ring (bicyclic) bond motifs is 1. The van der Waals surface area contributed by atoms with E-state index in [1.165, 1.54) is 12.7 Å². The average Bonchev–Trinajstić information content (AvgIpc) is 2.53. The lowest BCUT2D eigenvalue weighted by atomic mass is 10.1. The quantitative estimate of drug-likeness (QED) is 0.636. The Morgan fingerprint density at radius 1 is 1.53 bits per heavy atom. The number of ether oxygens (including phenoxy) is 1. The van der Waals surface area contributed by atoms with E-state index in [9.17, 15) is 4.79 Å². The molecular weight excluding hydrogens is 194 g/mol. The molecule has 0 saturated carbocycles. The Kier molecular flexibility index (Phi) is 2.38. The molecule has 5 nitrogen and oxygen atoms in total. The van der Waals surface area contributed by atoms with E-state index >= 15 is 0 Å². The summed E-state index contributed by atoms with van der Waals surface area (Å²) < 4.78 is 6.56. The Hall–Kier alpha value is -1.52. The minimum atomic E-state index is -0.264. The summed E-state index contributed by atoms with van der Waals surface area (Å²) in [5, 5.41) is 4.35. The van der Waals surface area contributed by atoms with Crippen LogP contribution in [0, 0.1) is 6.92 Å². The van der Waals surface area contributed by atoms with Crippen molar-refractivity contribution in [2.45, 2.75) is 19.9 Å². The molecule has 0 bridgehead atoms. The van der Waals surface area contributed by atoms with Crippen molar-refractivity contribution in [3.8, 4) is 0 Å². The number of carbonyl (C=O) groups is 1. The van der Waals surface area contributed by atoms with E-state index in [-0.39, 0.29) is 6.09 Å². The van der Waals surface area contributed by atoms with Gasteiger partial charge < -0.3 is 9.64 Å². The maximum Gasteiger partial charge on any atom is 0.409 e. The first-order chi connectivity index (χ1) is 7.13. The predicted molar refractivity (Wildman–Crippen MR) is 54.5 cm³/mol. The summed E-state index contributed by atoms with van der Waals surface area (Å²) in [4.78, 5) is 13.1. The van der Waals surface area contributed by atoms with Crippen LogP contribution in [0.5, 0.6) is 0 Å². The topological polar surface area (TPSA) is 47.4 Å². The average molecular weight is 209 g/mol. The molecule has 0 saturated heterocycles. The van der Waals surface area contributed by atoms with E-state index in [0.29, 0.717) is 13.1 Å². The molecule has 0 aromatic carbocycles. The van der Waals surface area contributed by atoms with Gasteiger partial charge in [0.25, 0.3) is 0 Å². The van der Waals surface area contributed by atoms with Gasteiger partial charge in [0.2, 0.25) is 0 Å². The molecule has 1 aliphatic heterocycles. The molecule has 5 heteroatoms. The van der Waals surface area contributed by atoms with Crippen LogP contribution in [0.4, 0.5) is 4.79 Å². The Balaban J connectivity index is 2.26. The maximum absolute atomic E-state index is 11.4. The highest BCUT2D eigenvalue weighted by Crippen LogP contribution is 2.21. The third-order valence-corrected chi connectivity index (χ3v) is 2.88. The van der Waals surface area contributed by atoms with Crippen molar-refractivity contribution in [2.75, 3.05) is 13.7 Å². The van der Waals surface area contributed by atoms with Gasteiger partial charge in [-0.25, -0.2) is 4.79 Å². The molecule has 0 N–H and O–H groups in total. The third-order valence-electron chi connectivity index (χ3n) is 2.88. The van der Waals surface area contributed by atoms with Crippen molar-refractivity contribution in [1.29, 1.82) is 0 Å². The molecule has 0 spiro atoms. The second kappa shape index (κ2) is 3.56. The first kappa shape index (κ1) is 10.0. The van der Waals surface area contributed by atoms with Crippen molar-refractivity contribution in [3.63, 3.8) is 0 Å². The van der Waals surface area contributed by atoms with Crippen LogP contribution in [0.2, 0.25) is 0 Å². The molecule has 82 valence electrons. The van der Waals surface area contributed by atoms with Crippen molar-refractivity contribution >= 4 is 6.09 Å². The summed E-state index contributed by atoms with van der Waals surface area (Å²) in [5.74, 6) is 0. The molecular formula is C10H15N3O2. The number of hydrogen-bond acceptors (Lipinski definition) is 3. The number of nitrogens with zero attached hydrogens (tertiary/aromatic N) is 3. The van der Waals surface area contributed by atoms with Gasteiger partial charge in [0.05, 0.1) is 25.0 Å². The van der Waals surface area contributed by atoms with Crippen LogP contribution >= 0.6 is 0 Å². The van der Waals surface area contributed by atoms with Gasteiger partial charge in [-0.05, 0) is 18.9 Å². The van der Waals surface area contributed by atoms with Gasteiger partial charge in [-0.15, -0.1) is 0 Å². The van der Waals surface area contributed by atoms with Gasteiger partial charge in [-0.1, -0.05) is 0 Å². The van der Waals surface area contributed by atoms with Crippen LogP contribution in [0.3, 0.4) is 0 Å². The molecule has 1 amide bonds. The lowest BCUT2D eigenvalue weighted by Gasteiger charge is -2.26.